The number of hydrogen-bond acceptors (Lipinski definition) is 5. The molecule has 10 heteroatoms. The van der Waals surface area contributed by atoms with Crippen molar-refractivity contribution in [1.29, 1.82) is 0 Å². The van der Waals surface area contributed by atoms with Crippen LogP contribution in [0.2, 0.25) is 5.02 Å². The molecule has 0 bridgehead atoms. The maximum absolute atomic E-state index is 12.9. The minimum Gasteiger partial charge on any atom is -0.445 e. The Morgan fingerprint density at radius 3 is 2.59 bits per heavy atom. The van der Waals surface area contributed by atoms with E-state index >= 15 is 0 Å². The van der Waals surface area contributed by atoms with Gasteiger partial charge in [-0.25, -0.2) is 9.59 Å². The van der Waals surface area contributed by atoms with Crippen molar-refractivity contribution in [2.24, 2.45) is 5.92 Å². The first-order valence-electron chi connectivity index (χ1n) is 10.8. The molecule has 9 nitrogen and oxygen atoms in total. The normalized spacial score (nSPS) is 15.7. The Hall–Kier alpha value is -2.81. The van der Waals surface area contributed by atoms with Gasteiger partial charge in [-0.15, -0.1) is 0 Å². The Bertz CT molecular complexity index is 785. The number of alkyl carbamates (subject to hydrolysis) is 1. The van der Waals surface area contributed by atoms with E-state index in [4.69, 9.17) is 16.3 Å². The maximum Gasteiger partial charge on any atom is 0.408 e. The average molecular weight is 467 g/mol. The molecule has 0 aliphatic heterocycles. The minimum atomic E-state index is -0.919. The van der Waals surface area contributed by atoms with Gasteiger partial charge in [-0.05, 0) is 30.0 Å². The highest BCUT2D eigenvalue weighted by atomic mass is 35.5. The van der Waals surface area contributed by atoms with E-state index in [-0.39, 0.29) is 13.2 Å². The third-order valence-electron chi connectivity index (χ3n) is 5.36. The van der Waals surface area contributed by atoms with Crippen LogP contribution in [0.4, 0.5) is 9.59 Å². The molecule has 1 fully saturated rings. The van der Waals surface area contributed by atoms with Crippen LogP contribution in [-0.2, 0) is 20.9 Å². The smallest absolute Gasteiger partial charge is 0.408 e. The molecule has 2 atom stereocenters. The van der Waals surface area contributed by atoms with Crippen molar-refractivity contribution in [3.05, 3.63) is 34.9 Å². The first kappa shape index (κ1) is 25.5. The topological polar surface area (TPSA) is 126 Å². The lowest BCUT2D eigenvalue weighted by Crippen LogP contribution is -2.53. The maximum atomic E-state index is 12.9. The van der Waals surface area contributed by atoms with E-state index in [1.807, 2.05) is 0 Å². The second-order valence-corrected chi connectivity index (χ2v) is 8.29. The molecule has 4 N–H and O–H groups in total. The zero-order chi connectivity index (χ0) is 23.3. The molecule has 1 aliphatic carbocycles. The Kier molecular flexibility index (Phi) is 10.8. The zero-order valence-electron chi connectivity index (χ0n) is 18.2. The number of rotatable bonds is 10. The van der Waals surface area contributed by atoms with Gasteiger partial charge in [0.25, 0.3) is 0 Å². The Balaban J connectivity index is 1.96. The van der Waals surface area contributed by atoms with Gasteiger partial charge >= 0.3 is 12.1 Å². The van der Waals surface area contributed by atoms with Crippen molar-refractivity contribution in [2.75, 3.05) is 13.6 Å². The summed E-state index contributed by atoms with van der Waals surface area (Å²) >= 11 is 5.94. The van der Waals surface area contributed by atoms with Gasteiger partial charge in [0.1, 0.15) is 25.0 Å². The number of ether oxygens (including phenoxy) is 1. The van der Waals surface area contributed by atoms with Gasteiger partial charge < -0.3 is 30.8 Å². The van der Waals surface area contributed by atoms with E-state index in [0.717, 1.165) is 31.2 Å². The predicted molar refractivity (Wildman–Crippen MR) is 120 cm³/mol. The van der Waals surface area contributed by atoms with Crippen molar-refractivity contribution < 1.29 is 23.9 Å². The van der Waals surface area contributed by atoms with Crippen molar-refractivity contribution in [2.45, 2.75) is 57.2 Å². The summed E-state index contributed by atoms with van der Waals surface area (Å²) in [6.45, 7) is -0.0541. The van der Waals surface area contributed by atoms with Gasteiger partial charge in [-0.3, -0.25) is 4.79 Å². The standard InChI is InChI=1S/C22H31ClN4O5/c1-24-21(30)25-12-18(13-28)26-20(29)19(11-15-6-3-2-4-7-15)27-22(31)32-14-16-8-5-9-17(23)10-16/h5,8-10,13,15,18-19H,2-4,6-7,11-12,14H2,1H3,(H,26,29)(H,27,31)(H2,24,25,30)/t18?,19-/m0/s1. The monoisotopic (exact) mass is 466 g/mol. The van der Waals surface area contributed by atoms with Gasteiger partial charge in [0.15, 0.2) is 0 Å². The van der Waals surface area contributed by atoms with Crippen molar-refractivity contribution in [1.82, 2.24) is 21.3 Å². The van der Waals surface area contributed by atoms with Crippen LogP contribution in [0.3, 0.4) is 0 Å². The second kappa shape index (κ2) is 13.6. The minimum absolute atomic E-state index is 0.0111. The SMILES string of the molecule is CNC(=O)NCC(C=O)NC(=O)[C@H](CC1CCCCC1)NC(=O)OCc1cccc(Cl)c1. The number of nitrogens with one attached hydrogen (secondary N) is 4. The summed E-state index contributed by atoms with van der Waals surface area (Å²) in [5.41, 5.74) is 0.724. The molecule has 32 heavy (non-hydrogen) atoms. The Morgan fingerprint density at radius 2 is 1.94 bits per heavy atom. The van der Waals surface area contributed by atoms with E-state index in [1.165, 1.54) is 13.5 Å². The molecule has 1 saturated carbocycles. The summed E-state index contributed by atoms with van der Waals surface area (Å²) in [6, 6.07) is 4.70. The van der Waals surface area contributed by atoms with Crippen molar-refractivity contribution in [3.63, 3.8) is 0 Å². The number of urea groups is 1. The van der Waals surface area contributed by atoms with Gasteiger partial charge in [-0.1, -0.05) is 55.8 Å². The van der Waals surface area contributed by atoms with Gasteiger partial charge in [0.2, 0.25) is 5.91 Å². The third-order valence-corrected chi connectivity index (χ3v) is 5.60. The molecule has 1 unspecified atom stereocenters. The Morgan fingerprint density at radius 1 is 1.19 bits per heavy atom. The van der Waals surface area contributed by atoms with Crippen LogP contribution >= 0.6 is 11.6 Å². The van der Waals surface area contributed by atoms with Crippen LogP contribution in [0.15, 0.2) is 24.3 Å². The molecule has 0 spiro atoms. The van der Waals surface area contributed by atoms with E-state index in [0.29, 0.717) is 23.6 Å². The fourth-order valence-corrected chi connectivity index (χ4v) is 3.87. The molecule has 0 aromatic heterocycles. The van der Waals surface area contributed by atoms with E-state index in [1.54, 1.807) is 24.3 Å². The van der Waals surface area contributed by atoms with Crippen molar-refractivity contribution in [3.8, 4) is 0 Å². The summed E-state index contributed by atoms with van der Waals surface area (Å²) in [5, 5.41) is 10.6. The summed E-state index contributed by atoms with van der Waals surface area (Å²) in [5.74, 6) is -0.197. The highest BCUT2D eigenvalue weighted by Gasteiger charge is 2.28. The Labute approximate surface area is 193 Å². The largest absolute Gasteiger partial charge is 0.445 e. The molecule has 1 aromatic rings. The highest BCUT2D eigenvalue weighted by molar-refractivity contribution is 6.30. The van der Waals surface area contributed by atoms with E-state index in [2.05, 4.69) is 21.3 Å². The van der Waals surface area contributed by atoms with Crippen LogP contribution in [-0.4, -0.2) is 50.0 Å². The fourth-order valence-electron chi connectivity index (χ4n) is 3.65. The van der Waals surface area contributed by atoms with Gasteiger partial charge in [-0.2, -0.15) is 0 Å². The van der Waals surface area contributed by atoms with E-state index < -0.39 is 30.1 Å². The average Bonchev–Trinajstić information content (AvgIpc) is 2.80. The summed E-state index contributed by atoms with van der Waals surface area (Å²) in [4.78, 5) is 47.9. The second-order valence-electron chi connectivity index (χ2n) is 7.85. The molecule has 0 saturated heterocycles. The molecular weight excluding hydrogens is 436 g/mol. The van der Waals surface area contributed by atoms with Crippen LogP contribution in [0.1, 0.15) is 44.1 Å². The number of carbonyl (C=O) groups is 4. The van der Waals surface area contributed by atoms with Crippen LogP contribution in [0.25, 0.3) is 0 Å². The third kappa shape index (κ3) is 9.13. The summed E-state index contributed by atoms with van der Waals surface area (Å²) in [6.07, 6.45) is 5.58. The molecular formula is C22H31ClN4O5. The van der Waals surface area contributed by atoms with Gasteiger partial charge in [0, 0.05) is 18.6 Å². The lowest BCUT2D eigenvalue weighted by atomic mass is 9.84. The number of aldehydes is 1. The molecule has 1 aliphatic rings. The lowest BCUT2D eigenvalue weighted by Gasteiger charge is -2.27. The summed E-state index contributed by atoms with van der Waals surface area (Å²) < 4.78 is 5.25. The summed E-state index contributed by atoms with van der Waals surface area (Å²) in [7, 11) is 1.45. The molecule has 1 aromatic carbocycles. The predicted octanol–water partition coefficient (Wildman–Crippen LogP) is 2.52. The molecule has 2 rings (SSSR count). The number of halogens is 1. The quantitative estimate of drug-likeness (QED) is 0.394. The van der Waals surface area contributed by atoms with Crippen LogP contribution in [0, 0.1) is 5.92 Å². The molecule has 176 valence electrons. The molecule has 0 radical (unpaired) electrons. The zero-order valence-corrected chi connectivity index (χ0v) is 19.0. The molecule has 4 amide bonds. The van der Waals surface area contributed by atoms with E-state index in [9.17, 15) is 19.2 Å². The first-order chi connectivity index (χ1) is 15.4. The van der Waals surface area contributed by atoms with Crippen molar-refractivity contribution >= 4 is 35.9 Å². The number of benzene rings is 1. The highest BCUT2D eigenvalue weighted by Crippen LogP contribution is 2.27. The number of carbonyl (C=O) groups excluding carboxylic acids is 4. The first-order valence-corrected chi connectivity index (χ1v) is 11.2. The van der Waals surface area contributed by atoms with Crippen LogP contribution in [0.5, 0.6) is 0 Å². The number of hydrogen-bond donors (Lipinski definition) is 4. The fraction of sp³-hybridized carbons (Fsp3) is 0.545. The molecule has 0 heterocycles. The van der Waals surface area contributed by atoms with Crippen LogP contribution < -0.4 is 21.3 Å². The van der Waals surface area contributed by atoms with Gasteiger partial charge in [0.05, 0.1) is 0 Å². The lowest BCUT2D eigenvalue weighted by molar-refractivity contribution is -0.126. The number of amides is 4.